The molecule has 8 heteroatoms. The van der Waals surface area contributed by atoms with E-state index in [0.29, 0.717) is 33.6 Å². The van der Waals surface area contributed by atoms with Crippen molar-refractivity contribution in [3.63, 3.8) is 0 Å². The SMILES string of the molecule is COc1ncnc2c1nc(CCl)n2-c1cc(F)ccc1Cl. The maximum atomic E-state index is 13.5. The fourth-order valence-corrected chi connectivity index (χ4v) is 2.45. The highest BCUT2D eigenvalue weighted by atomic mass is 35.5. The summed E-state index contributed by atoms with van der Waals surface area (Å²) in [5, 5.41) is 0.361. The summed E-state index contributed by atoms with van der Waals surface area (Å²) in [5.41, 5.74) is 1.30. The third-order valence-corrected chi connectivity index (χ3v) is 3.50. The van der Waals surface area contributed by atoms with Gasteiger partial charge in [0.2, 0.25) is 5.88 Å². The van der Waals surface area contributed by atoms with E-state index >= 15 is 0 Å². The molecule has 0 aliphatic carbocycles. The molecule has 1 aromatic carbocycles. The summed E-state index contributed by atoms with van der Waals surface area (Å²) in [7, 11) is 1.48. The summed E-state index contributed by atoms with van der Waals surface area (Å²) >= 11 is 12.1. The number of rotatable bonds is 3. The molecule has 0 aliphatic heterocycles. The molecule has 0 saturated carbocycles. The van der Waals surface area contributed by atoms with Crippen LogP contribution in [0.15, 0.2) is 24.5 Å². The number of alkyl halides is 1. The molecule has 0 atom stereocenters. The predicted molar refractivity (Wildman–Crippen MR) is 77.7 cm³/mol. The van der Waals surface area contributed by atoms with Crippen molar-refractivity contribution in [2.24, 2.45) is 0 Å². The third kappa shape index (κ3) is 2.30. The van der Waals surface area contributed by atoms with E-state index in [-0.39, 0.29) is 5.88 Å². The minimum Gasteiger partial charge on any atom is -0.479 e. The van der Waals surface area contributed by atoms with Crippen LogP contribution in [0, 0.1) is 5.82 Å². The first-order chi connectivity index (χ1) is 10.2. The van der Waals surface area contributed by atoms with Gasteiger partial charge in [-0.1, -0.05) is 11.6 Å². The van der Waals surface area contributed by atoms with Crippen molar-refractivity contribution in [2.75, 3.05) is 7.11 Å². The van der Waals surface area contributed by atoms with Crippen LogP contribution in [0.3, 0.4) is 0 Å². The van der Waals surface area contributed by atoms with Gasteiger partial charge in [-0.3, -0.25) is 4.57 Å². The van der Waals surface area contributed by atoms with Crippen LogP contribution in [0.5, 0.6) is 5.88 Å². The van der Waals surface area contributed by atoms with Crippen LogP contribution in [0.2, 0.25) is 5.02 Å². The Hall–Kier alpha value is -1.92. The van der Waals surface area contributed by atoms with Crippen molar-refractivity contribution < 1.29 is 9.13 Å². The van der Waals surface area contributed by atoms with Crippen LogP contribution in [0.4, 0.5) is 4.39 Å². The van der Waals surface area contributed by atoms with E-state index in [0.717, 1.165) is 0 Å². The van der Waals surface area contributed by atoms with E-state index in [1.54, 1.807) is 4.57 Å². The van der Waals surface area contributed by atoms with E-state index in [1.807, 2.05) is 0 Å². The fraction of sp³-hybridized carbons (Fsp3) is 0.154. The molecule has 0 amide bonds. The van der Waals surface area contributed by atoms with Gasteiger partial charge in [0.05, 0.1) is 23.7 Å². The largest absolute Gasteiger partial charge is 0.479 e. The first-order valence-corrected chi connectivity index (χ1v) is 6.84. The van der Waals surface area contributed by atoms with Crippen LogP contribution in [0.1, 0.15) is 5.82 Å². The second-order valence-electron chi connectivity index (χ2n) is 4.15. The summed E-state index contributed by atoms with van der Waals surface area (Å²) in [6.45, 7) is 0. The lowest BCUT2D eigenvalue weighted by Gasteiger charge is -2.09. The predicted octanol–water partition coefficient (Wildman–Crippen LogP) is 3.36. The van der Waals surface area contributed by atoms with Crippen molar-refractivity contribution in [3.05, 3.63) is 41.2 Å². The Balaban J connectivity index is 2.38. The lowest BCUT2D eigenvalue weighted by Crippen LogP contribution is -2.02. The zero-order valence-electron chi connectivity index (χ0n) is 10.8. The number of ether oxygens (including phenoxy) is 1. The molecule has 5 nitrogen and oxygen atoms in total. The molecule has 0 aliphatic rings. The molecule has 0 fully saturated rings. The molecule has 0 spiro atoms. The first kappa shape index (κ1) is 14.0. The molecule has 21 heavy (non-hydrogen) atoms. The van der Waals surface area contributed by atoms with Gasteiger partial charge < -0.3 is 4.74 Å². The van der Waals surface area contributed by atoms with Crippen molar-refractivity contribution in [1.82, 2.24) is 19.5 Å². The molecule has 0 unspecified atom stereocenters. The zero-order chi connectivity index (χ0) is 15.0. The number of aromatic nitrogens is 4. The molecule has 3 aromatic rings. The number of benzene rings is 1. The highest BCUT2D eigenvalue weighted by molar-refractivity contribution is 6.32. The standard InChI is InChI=1S/C13H9Cl2FN4O/c1-21-13-11-12(17-6-18-13)20(10(5-14)19-11)9-4-7(16)2-3-8(9)15/h2-4,6H,5H2,1H3. The van der Waals surface area contributed by atoms with Gasteiger partial charge in [0, 0.05) is 0 Å². The van der Waals surface area contributed by atoms with Gasteiger partial charge in [-0.15, -0.1) is 11.6 Å². The summed E-state index contributed by atoms with van der Waals surface area (Å²) in [6, 6.07) is 4.05. The Morgan fingerprint density at radius 2 is 2.14 bits per heavy atom. The Morgan fingerprint density at radius 3 is 2.86 bits per heavy atom. The number of methoxy groups -OCH3 is 1. The van der Waals surface area contributed by atoms with E-state index < -0.39 is 5.82 Å². The number of halogens is 3. The Kier molecular flexibility index (Phi) is 3.65. The monoisotopic (exact) mass is 326 g/mol. The van der Waals surface area contributed by atoms with Crippen LogP contribution >= 0.6 is 23.2 Å². The van der Waals surface area contributed by atoms with Gasteiger partial charge in [0.25, 0.3) is 0 Å². The van der Waals surface area contributed by atoms with Gasteiger partial charge in [-0.2, -0.15) is 4.98 Å². The molecule has 0 saturated heterocycles. The normalized spacial score (nSPS) is 11.0. The van der Waals surface area contributed by atoms with Gasteiger partial charge >= 0.3 is 0 Å². The van der Waals surface area contributed by atoms with Crippen LogP contribution in [0.25, 0.3) is 16.9 Å². The Bertz CT molecular complexity index is 821. The van der Waals surface area contributed by atoms with Crippen LogP contribution in [-0.4, -0.2) is 26.6 Å². The maximum absolute atomic E-state index is 13.5. The highest BCUT2D eigenvalue weighted by Gasteiger charge is 2.19. The van der Waals surface area contributed by atoms with Crippen molar-refractivity contribution in [2.45, 2.75) is 5.88 Å². The minimum atomic E-state index is -0.419. The number of nitrogens with zero attached hydrogens (tertiary/aromatic N) is 4. The molecule has 108 valence electrons. The quantitative estimate of drug-likeness (QED) is 0.692. The lowest BCUT2D eigenvalue weighted by molar-refractivity contribution is 0.401. The maximum Gasteiger partial charge on any atom is 0.245 e. The summed E-state index contributed by atoms with van der Waals surface area (Å²) in [4.78, 5) is 12.5. The molecule has 0 bridgehead atoms. The third-order valence-electron chi connectivity index (χ3n) is 2.94. The summed E-state index contributed by atoms with van der Waals surface area (Å²) in [6.07, 6.45) is 1.34. The molecule has 3 rings (SSSR count). The van der Waals surface area contributed by atoms with Gasteiger partial charge in [0.15, 0.2) is 11.2 Å². The van der Waals surface area contributed by atoms with Crippen LogP contribution in [-0.2, 0) is 5.88 Å². The summed E-state index contributed by atoms with van der Waals surface area (Å²) < 4.78 is 20.3. The molecule has 2 heterocycles. The molecule has 0 radical (unpaired) electrons. The van der Waals surface area contributed by atoms with Gasteiger partial charge in [-0.25, -0.2) is 14.4 Å². The number of hydrogen-bond acceptors (Lipinski definition) is 4. The van der Waals surface area contributed by atoms with Gasteiger partial charge in [0.1, 0.15) is 18.0 Å². The van der Waals surface area contributed by atoms with E-state index in [4.69, 9.17) is 27.9 Å². The minimum absolute atomic E-state index is 0.104. The van der Waals surface area contributed by atoms with Gasteiger partial charge in [-0.05, 0) is 18.2 Å². The zero-order valence-corrected chi connectivity index (χ0v) is 12.4. The molecular weight excluding hydrogens is 318 g/mol. The highest BCUT2D eigenvalue weighted by Crippen LogP contribution is 2.29. The van der Waals surface area contributed by atoms with Crippen molar-refractivity contribution in [3.8, 4) is 11.6 Å². The average molecular weight is 327 g/mol. The Labute approximate surface area is 129 Å². The lowest BCUT2D eigenvalue weighted by atomic mass is 10.3. The number of fused-ring (bicyclic) bond motifs is 1. The first-order valence-electron chi connectivity index (χ1n) is 5.93. The second-order valence-corrected chi connectivity index (χ2v) is 4.82. The fourth-order valence-electron chi connectivity index (χ4n) is 2.07. The van der Waals surface area contributed by atoms with Crippen molar-refractivity contribution in [1.29, 1.82) is 0 Å². The smallest absolute Gasteiger partial charge is 0.245 e. The number of hydrogen-bond donors (Lipinski definition) is 0. The number of imidazole rings is 1. The molecular formula is C13H9Cl2FN4O. The second kappa shape index (κ2) is 5.46. The Morgan fingerprint density at radius 1 is 1.33 bits per heavy atom. The van der Waals surface area contributed by atoms with Crippen molar-refractivity contribution >= 4 is 34.4 Å². The summed E-state index contributed by atoms with van der Waals surface area (Å²) in [5.74, 6) is 0.472. The van der Waals surface area contributed by atoms with Crippen LogP contribution < -0.4 is 4.74 Å². The average Bonchev–Trinajstić information content (AvgIpc) is 2.88. The molecule has 0 N–H and O–H groups in total. The van der Waals surface area contributed by atoms with E-state index in [9.17, 15) is 4.39 Å². The topological polar surface area (TPSA) is 52.8 Å². The molecule has 2 aromatic heterocycles. The van der Waals surface area contributed by atoms with E-state index in [1.165, 1.54) is 31.6 Å². The van der Waals surface area contributed by atoms with E-state index in [2.05, 4.69) is 15.0 Å².